The number of nitrogens with zero attached hydrogens (tertiary/aromatic N) is 2. The van der Waals surface area contributed by atoms with E-state index < -0.39 is 18.1 Å². The van der Waals surface area contributed by atoms with E-state index in [0.717, 1.165) is 11.3 Å². The third-order valence-electron chi connectivity index (χ3n) is 4.21. The molecule has 1 heterocycles. The van der Waals surface area contributed by atoms with Crippen LogP contribution in [0.25, 0.3) is 11.3 Å². The smallest absolute Gasteiger partial charge is 0.490 e. The summed E-state index contributed by atoms with van der Waals surface area (Å²) in [5.41, 5.74) is 2.22. The Labute approximate surface area is 186 Å². The number of aromatic nitrogens is 2. The highest BCUT2D eigenvalue weighted by Gasteiger charge is 2.38. The Bertz CT molecular complexity index is 1130. The lowest BCUT2D eigenvalue weighted by Crippen LogP contribution is -2.21. The molecule has 9 nitrogen and oxygen atoms in total. The number of methoxy groups -OCH3 is 2. The number of nitrogens with one attached hydrogen (secondary N) is 1. The number of rotatable bonds is 6. The maximum atomic E-state index is 11.6. The average Bonchev–Trinajstić information content (AvgIpc) is 3.13. The second-order valence-corrected chi connectivity index (χ2v) is 6.39. The minimum atomic E-state index is -5.08. The fourth-order valence-electron chi connectivity index (χ4n) is 2.63. The number of ether oxygens (including phenoxy) is 2. The molecular formula is C21H20F3N3O6. The number of benzene rings is 2. The zero-order valence-electron chi connectivity index (χ0n) is 17.7. The molecule has 3 N–H and O–H groups in total. The molecule has 3 rings (SSSR count). The van der Waals surface area contributed by atoms with Crippen LogP contribution in [0.2, 0.25) is 0 Å². The normalized spacial score (nSPS) is 10.6. The van der Waals surface area contributed by atoms with Crippen molar-refractivity contribution in [3.05, 3.63) is 54.1 Å². The summed E-state index contributed by atoms with van der Waals surface area (Å²) < 4.78 is 43.9. The number of aromatic carboxylic acids is 1. The van der Waals surface area contributed by atoms with E-state index in [1.54, 1.807) is 17.8 Å². The largest absolute Gasteiger partial charge is 0.493 e. The molecule has 2 aromatic carbocycles. The average molecular weight is 467 g/mol. The predicted molar refractivity (Wildman–Crippen MR) is 112 cm³/mol. The summed E-state index contributed by atoms with van der Waals surface area (Å²) in [7, 11) is 4.75. The first-order valence-corrected chi connectivity index (χ1v) is 9.13. The second-order valence-electron chi connectivity index (χ2n) is 6.39. The Morgan fingerprint density at radius 3 is 2.03 bits per heavy atom. The van der Waals surface area contributed by atoms with E-state index in [1.807, 2.05) is 36.4 Å². The van der Waals surface area contributed by atoms with E-state index >= 15 is 0 Å². The van der Waals surface area contributed by atoms with Gasteiger partial charge in [0.05, 0.1) is 31.2 Å². The molecule has 0 unspecified atom stereocenters. The van der Waals surface area contributed by atoms with Gasteiger partial charge in [0.15, 0.2) is 11.5 Å². The van der Waals surface area contributed by atoms with E-state index in [1.165, 1.54) is 20.3 Å². The van der Waals surface area contributed by atoms with E-state index in [2.05, 4.69) is 10.4 Å². The van der Waals surface area contributed by atoms with Crippen molar-refractivity contribution in [3.8, 4) is 22.8 Å². The lowest BCUT2D eigenvalue weighted by molar-refractivity contribution is -0.192. The third kappa shape index (κ3) is 6.38. The van der Waals surface area contributed by atoms with Crippen LogP contribution in [0.5, 0.6) is 11.5 Å². The summed E-state index contributed by atoms with van der Waals surface area (Å²) in [6.45, 7) is 0. The van der Waals surface area contributed by atoms with Crippen LogP contribution in [0.4, 0.5) is 24.7 Å². The molecule has 33 heavy (non-hydrogen) atoms. The number of carboxylic acid groups (broad SMARTS) is 2. The Kier molecular flexibility index (Phi) is 7.89. The van der Waals surface area contributed by atoms with Gasteiger partial charge in [-0.05, 0) is 0 Å². The zero-order valence-corrected chi connectivity index (χ0v) is 17.7. The number of hydrogen-bond acceptors (Lipinski definition) is 6. The van der Waals surface area contributed by atoms with Crippen LogP contribution in [-0.2, 0) is 11.8 Å². The molecule has 0 radical (unpaired) electrons. The number of hydrogen-bond donors (Lipinski definition) is 3. The zero-order chi connectivity index (χ0) is 24.8. The fourth-order valence-corrected chi connectivity index (χ4v) is 2.63. The molecule has 0 saturated carbocycles. The highest BCUT2D eigenvalue weighted by Crippen LogP contribution is 2.35. The van der Waals surface area contributed by atoms with Gasteiger partial charge in [-0.2, -0.15) is 18.3 Å². The number of anilines is 2. The van der Waals surface area contributed by atoms with Gasteiger partial charge >= 0.3 is 18.1 Å². The van der Waals surface area contributed by atoms with E-state index in [0.29, 0.717) is 23.0 Å². The monoisotopic (exact) mass is 467 g/mol. The lowest BCUT2D eigenvalue weighted by Gasteiger charge is -2.14. The minimum Gasteiger partial charge on any atom is -0.493 e. The number of aliphatic carboxylic acids is 1. The number of carboxylic acids is 2. The molecule has 0 spiro atoms. The van der Waals surface area contributed by atoms with Gasteiger partial charge < -0.3 is 25.0 Å². The van der Waals surface area contributed by atoms with Gasteiger partial charge in [-0.3, -0.25) is 4.68 Å². The van der Waals surface area contributed by atoms with Gasteiger partial charge in [-0.15, -0.1) is 0 Å². The molecule has 0 fully saturated rings. The van der Waals surface area contributed by atoms with Gasteiger partial charge in [0.2, 0.25) is 0 Å². The number of aryl methyl sites for hydroxylation is 1. The van der Waals surface area contributed by atoms with Crippen LogP contribution in [0.1, 0.15) is 10.4 Å². The molecular weight excluding hydrogens is 447 g/mol. The van der Waals surface area contributed by atoms with E-state index in [4.69, 9.17) is 19.4 Å². The van der Waals surface area contributed by atoms with E-state index in [-0.39, 0.29) is 5.56 Å². The summed E-state index contributed by atoms with van der Waals surface area (Å²) in [4.78, 5) is 20.5. The third-order valence-corrected chi connectivity index (χ3v) is 4.21. The number of carbonyl (C=O) groups is 2. The lowest BCUT2D eigenvalue weighted by atomic mass is 10.1. The number of alkyl halides is 3. The SMILES string of the molecule is COc1cc(Nc2cc(-c3ccccc3)nn2C)c(C(=O)O)cc1OC.O=C(O)C(F)(F)F. The summed E-state index contributed by atoms with van der Waals surface area (Å²) in [5.74, 6) is -2.39. The van der Waals surface area contributed by atoms with Crippen molar-refractivity contribution in [2.24, 2.45) is 7.05 Å². The Hall–Kier alpha value is -4.22. The maximum absolute atomic E-state index is 11.6. The Morgan fingerprint density at radius 1 is 1.00 bits per heavy atom. The summed E-state index contributed by atoms with van der Waals surface area (Å²) >= 11 is 0. The molecule has 0 bridgehead atoms. The van der Waals surface area contributed by atoms with Gasteiger partial charge in [-0.25, -0.2) is 9.59 Å². The molecule has 0 aliphatic carbocycles. The number of halogens is 3. The molecule has 0 aliphatic heterocycles. The molecule has 12 heteroatoms. The van der Waals surface area contributed by atoms with Crippen LogP contribution in [0, 0.1) is 0 Å². The van der Waals surface area contributed by atoms with Crippen LogP contribution in [-0.4, -0.2) is 52.3 Å². The van der Waals surface area contributed by atoms with Crippen molar-refractivity contribution in [2.75, 3.05) is 19.5 Å². The van der Waals surface area contributed by atoms with Crippen molar-refractivity contribution in [3.63, 3.8) is 0 Å². The Morgan fingerprint density at radius 2 is 1.55 bits per heavy atom. The molecule has 0 saturated heterocycles. The van der Waals surface area contributed by atoms with Gasteiger partial charge in [0, 0.05) is 30.8 Å². The summed E-state index contributed by atoms with van der Waals surface area (Å²) in [5, 5.41) is 24.2. The first kappa shape index (κ1) is 25.0. The first-order valence-electron chi connectivity index (χ1n) is 9.13. The van der Waals surface area contributed by atoms with Crippen LogP contribution < -0.4 is 14.8 Å². The highest BCUT2D eigenvalue weighted by atomic mass is 19.4. The van der Waals surface area contributed by atoms with E-state index in [9.17, 15) is 23.1 Å². The molecule has 3 aromatic rings. The molecule has 176 valence electrons. The molecule has 0 amide bonds. The van der Waals surface area contributed by atoms with Crippen molar-refractivity contribution < 1.29 is 42.4 Å². The molecule has 0 aliphatic rings. The first-order chi connectivity index (χ1) is 15.5. The summed E-state index contributed by atoms with van der Waals surface area (Å²) in [6.07, 6.45) is -5.08. The molecule has 1 aromatic heterocycles. The van der Waals surface area contributed by atoms with Crippen LogP contribution in [0.15, 0.2) is 48.5 Å². The molecule has 0 atom stereocenters. The Balaban J connectivity index is 0.000000479. The van der Waals surface area contributed by atoms with Crippen LogP contribution in [0.3, 0.4) is 0 Å². The van der Waals surface area contributed by atoms with Crippen molar-refractivity contribution >= 4 is 23.4 Å². The topological polar surface area (TPSA) is 123 Å². The van der Waals surface area contributed by atoms with Crippen LogP contribution >= 0.6 is 0 Å². The highest BCUT2D eigenvalue weighted by molar-refractivity contribution is 5.96. The summed E-state index contributed by atoms with van der Waals surface area (Å²) in [6, 6.07) is 14.6. The van der Waals surface area contributed by atoms with Crippen molar-refractivity contribution in [1.82, 2.24) is 9.78 Å². The maximum Gasteiger partial charge on any atom is 0.490 e. The van der Waals surface area contributed by atoms with Gasteiger partial charge in [-0.1, -0.05) is 30.3 Å². The van der Waals surface area contributed by atoms with Crippen molar-refractivity contribution in [1.29, 1.82) is 0 Å². The van der Waals surface area contributed by atoms with Gasteiger partial charge in [0.25, 0.3) is 0 Å². The quantitative estimate of drug-likeness (QED) is 0.494. The minimum absolute atomic E-state index is 0.0742. The fraction of sp³-hybridized carbons (Fsp3) is 0.190. The second kappa shape index (κ2) is 10.4. The standard InChI is InChI=1S/C19H19N3O4.C2HF3O2/c1-22-18(11-14(21-22)12-7-5-4-6-8-12)20-15-10-17(26-3)16(25-2)9-13(15)19(23)24;3-2(4,5)1(6)7/h4-11,20H,1-3H3,(H,23,24);(H,6,7). The van der Waals surface area contributed by atoms with Crippen molar-refractivity contribution in [2.45, 2.75) is 6.18 Å². The van der Waals surface area contributed by atoms with Gasteiger partial charge in [0.1, 0.15) is 5.82 Å². The predicted octanol–water partition coefficient (Wildman–Crippen LogP) is 4.18.